The molecule has 0 aliphatic rings. The first-order valence-electron chi connectivity index (χ1n) is 5.49. The van der Waals surface area contributed by atoms with Crippen LogP contribution in [0, 0.1) is 0 Å². The van der Waals surface area contributed by atoms with Gasteiger partial charge < -0.3 is 14.8 Å². The maximum absolute atomic E-state index is 11.6. The van der Waals surface area contributed by atoms with E-state index in [-0.39, 0.29) is 0 Å². The molecule has 2 heterocycles. The number of aromatic nitrogens is 2. The van der Waals surface area contributed by atoms with Gasteiger partial charge in [-0.05, 0) is 19.2 Å². The number of imidazole rings is 1. The summed E-state index contributed by atoms with van der Waals surface area (Å²) in [5.41, 5.74) is 1.01. The Morgan fingerprint density at radius 3 is 2.83 bits per heavy atom. The van der Waals surface area contributed by atoms with E-state index in [1.807, 2.05) is 11.4 Å². The Morgan fingerprint density at radius 2 is 2.22 bits per heavy atom. The number of nitrogens with one attached hydrogen (secondary N) is 1. The minimum absolute atomic E-state index is 0.311. The van der Waals surface area contributed by atoms with Crippen LogP contribution >= 0.6 is 0 Å². The number of rotatable bonds is 4. The van der Waals surface area contributed by atoms with Crippen molar-refractivity contribution < 1.29 is 14.3 Å². The molecule has 2 rings (SSSR count). The molecule has 0 bridgehead atoms. The molecule has 1 N–H and O–H groups in total. The lowest BCUT2D eigenvalue weighted by atomic mass is 10.3. The summed E-state index contributed by atoms with van der Waals surface area (Å²) in [7, 11) is 4.75. The molecule has 2 aromatic rings. The summed E-state index contributed by atoms with van der Waals surface area (Å²) in [5.74, 6) is 0.987. The molecule has 0 atom stereocenters. The molecular formula is C12H15N3O3. The summed E-state index contributed by atoms with van der Waals surface area (Å²) in [6, 6.07) is 3.57. The third-order valence-electron chi connectivity index (χ3n) is 2.63. The van der Waals surface area contributed by atoms with Crippen molar-refractivity contribution in [2.45, 2.75) is 6.54 Å². The standard InChI is InChI=1S/C12H15N3O3/c1-13-6-10-14-11(12(16)18-3)9-5-4-8(17-2)7-15(9)10/h4-5,7,13H,6H2,1-3H3. The van der Waals surface area contributed by atoms with E-state index < -0.39 is 5.97 Å². The highest BCUT2D eigenvalue weighted by atomic mass is 16.5. The van der Waals surface area contributed by atoms with Gasteiger partial charge in [-0.3, -0.25) is 4.40 Å². The molecular weight excluding hydrogens is 234 g/mol. The molecule has 0 fully saturated rings. The van der Waals surface area contributed by atoms with Crippen LogP contribution in [-0.2, 0) is 11.3 Å². The van der Waals surface area contributed by atoms with Crippen LogP contribution in [0.4, 0.5) is 0 Å². The smallest absolute Gasteiger partial charge is 0.358 e. The van der Waals surface area contributed by atoms with Gasteiger partial charge in [0.2, 0.25) is 0 Å². The van der Waals surface area contributed by atoms with E-state index in [0.29, 0.717) is 23.5 Å². The SMILES string of the molecule is CNCc1nc(C(=O)OC)c2ccc(OC)cn12. The predicted octanol–water partition coefficient (Wildman–Crippen LogP) is 0.849. The van der Waals surface area contributed by atoms with Gasteiger partial charge in [-0.2, -0.15) is 0 Å². The zero-order chi connectivity index (χ0) is 13.1. The largest absolute Gasteiger partial charge is 0.495 e. The number of methoxy groups -OCH3 is 2. The molecule has 0 radical (unpaired) electrons. The number of pyridine rings is 1. The quantitative estimate of drug-likeness (QED) is 0.814. The van der Waals surface area contributed by atoms with Crippen LogP contribution in [0.3, 0.4) is 0 Å². The van der Waals surface area contributed by atoms with Crippen molar-refractivity contribution in [1.29, 1.82) is 0 Å². The monoisotopic (exact) mass is 249 g/mol. The Hall–Kier alpha value is -2.08. The summed E-state index contributed by atoms with van der Waals surface area (Å²) in [4.78, 5) is 15.9. The molecule has 6 heteroatoms. The zero-order valence-corrected chi connectivity index (χ0v) is 10.6. The van der Waals surface area contributed by atoms with E-state index in [1.54, 1.807) is 25.4 Å². The van der Waals surface area contributed by atoms with Gasteiger partial charge in [0.25, 0.3) is 0 Å². The minimum Gasteiger partial charge on any atom is -0.495 e. The average molecular weight is 249 g/mol. The van der Waals surface area contributed by atoms with Crippen molar-refractivity contribution >= 4 is 11.5 Å². The number of fused-ring (bicyclic) bond motifs is 1. The van der Waals surface area contributed by atoms with Crippen molar-refractivity contribution in [2.75, 3.05) is 21.3 Å². The van der Waals surface area contributed by atoms with Gasteiger partial charge in [0.15, 0.2) is 5.69 Å². The fraction of sp³-hybridized carbons (Fsp3) is 0.333. The molecule has 0 aromatic carbocycles. The summed E-state index contributed by atoms with van der Waals surface area (Å²) >= 11 is 0. The van der Waals surface area contributed by atoms with Gasteiger partial charge in [-0.15, -0.1) is 0 Å². The van der Waals surface area contributed by atoms with Crippen LogP contribution in [0.2, 0.25) is 0 Å². The highest BCUT2D eigenvalue weighted by Crippen LogP contribution is 2.19. The molecule has 0 amide bonds. The van der Waals surface area contributed by atoms with Crippen LogP contribution < -0.4 is 10.1 Å². The number of esters is 1. The molecule has 6 nitrogen and oxygen atoms in total. The first-order valence-corrected chi connectivity index (χ1v) is 5.49. The number of carbonyl (C=O) groups is 1. The Bertz CT molecular complexity index is 577. The molecule has 96 valence electrons. The summed E-state index contributed by atoms with van der Waals surface area (Å²) < 4.78 is 11.7. The fourth-order valence-corrected chi connectivity index (χ4v) is 1.78. The molecule has 2 aromatic heterocycles. The Kier molecular flexibility index (Phi) is 3.47. The molecule has 0 saturated heterocycles. The molecule has 18 heavy (non-hydrogen) atoms. The normalized spacial score (nSPS) is 10.6. The highest BCUT2D eigenvalue weighted by Gasteiger charge is 2.17. The Morgan fingerprint density at radius 1 is 1.44 bits per heavy atom. The van der Waals surface area contributed by atoms with Crippen molar-refractivity contribution in [3.8, 4) is 5.75 Å². The van der Waals surface area contributed by atoms with Gasteiger partial charge >= 0.3 is 5.97 Å². The Balaban J connectivity index is 2.63. The zero-order valence-electron chi connectivity index (χ0n) is 10.6. The number of hydrogen-bond donors (Lipinski definition) is 1. The maximum Gasteiger partial charge on any atom is 0.358 e. The third kappa shape index (κ3) is 2.02. The predicted molar refractivity (Wildman–Crippen MR) is 65.8 cm³/mol. The second-order valence-electron chi connectivity index (χ2n) is 3.72. The van der Waals surface area contributed by atoms with Crippen LogP contribution in [-0.4, -0.2) is 36.6 Å². The van der Waals surface area contributed by atoms with Crippen molar-refractivity contribution in [1.82, 2.24) is 14.7 Å². The van der Waals surface area contributed by atoms with E-state index >= 15 is 0 Å². The number of ether oxygens (including phenoxy) is 2. The molecule has 0 aliphatic carbocycles. The average Bonchev–Trinajstić information content (AvgIpc) is 2.76. The first kappa shape index (κ1) is 12.4. The number of carbonyl (C=O) groups excluding carboxylic acids is 1. The van der Waals surface area contributed by atoms with E-state index in [4.69, 9.17) is 9.47 Å². The van der Waals surface area contributed by atoms with Crippen molar-refractivity contribution in [3.63, 3.8) is 0 Å². The topological polar surface area (TPSA) is 64.9 Å². The van der Waals surface area contributed by atoms with Gasteiger partial charge in [-0.25, -0.2) is 9.78 Å². The molecule has 0 unspecified atom stereocenters. The van der Waals surface area contributed by atoms with Crippen LogP contribution in [0.5, 0.6) is 5.75 Å². The van der Waals surface area contributed by atoms with Crippen LogP contribution in [0.25, 0.3) is 5.52 Å². The molecule has 0 aliphatic heterocycles. The Labute approximate surface area is 105 Å². The van der Waals surface area contributed by atoms with Gasteiger partial charge in [-0.1, -0.05) is 0 Å². The maximum atomic E-state index is 11.6. The van der Waals surface area contributed by atoms with Crippen LogP contribution in [0.1, 0.15) is 16.3 Å². The van der Waals surface area contributed by atoms with Crippen LogP contribution in [0.15, 0.2) is 18.3 Å². The minimum atomic E-state index is -0.444. The van der Waals surface area contributed by atoms with Gasteiger partial charge in [0.05, 0.1) is 32.5 Å². The lowest BCUT2D eigenvalue weighted by molar-refractivity contribution is 0.0597. The number of nitrogens with zero attached hydrogens (tertiary/aromatic N) is 2. The van der Waals surface area contributed by atoms with Gasteiger partial charge in [0, 0.05) is 0 Å². The van der Waals surface area contributed by atoms with Gasteiger partial charge in [0.1, 0.15) is 11.6 Å². The third-order valence-corrected chi connectivity index (χ3v) is 2.63. The van der Waals surface area contributed by atoms with E-state index in [9.17, 15) is 4.79 Å². The summed E-state index contributed by atoms with van der Waals surface area (Å²) in [6.45, 7) is 0.547. The molecule has 0 saturated carbocycles. The lowest BCUT2D eigenvalue weighted by Gasteiger charge is -2.03. The highest BCUT2D eigenvalue weighted by molar-refractivity contribution is 5.95. The molecule has 0 spiro atoms. The fourth-order valence-electron chi connectivity index (χ4n) is 1.78. The van der Waals surface area contributed by atoms with Crippen molar-refractivity contribution in [2.24, 2.45) is 0 Å². The van der Waals surface area contributed by atoms with E-state index in [0.717, 1.165) is 5.82 Å². The second kappa shape index (κ2) is 5.05. The summed E-state index contributed by atoms with van der Waals surface area (Å²) in [6.07, 6.45) is 1.79. The second-order valence-corrected chi connectivity index (χ2v) is 3.72. The van der Waals surface area contributed by atoms with E-state index in [2.05, 4.69) is 10.3 Å². The number of hydrogen-bond acceptors (Lipinski definition) is 5. The van der Waals surface area contributed by atoms with Crippen molar-refractivity contribution in [3.05, 3.63) is 29.8 Å². The summed E-state index contributed by atoms with van der Waals surface area (Å²) in [5, 5.41) is 3.01. The van der Waals surface area contributed by atoms with E-state index in [1.165, 1.54) is 7.11 Å². The first-order chi connectivity index (χ1) is 8.71. The lowest BCUT2D eigenvalue weighted by Crippen LogP contribution is -2.09.